The molecule has 0 fully saturated rings. The minimum atomic E-state index is -4.87. The van der Waals surface area contributed by atoms with Gasteiger partial charge in [-0.25, -0.2) is 13.4 Å². The molecule has 0 saturated heterocycles. The van der Waals surface area contributed by atoms with Crippen molar-refractivity contribution in [3.63, 3.8) is 0 Å². The molecule has 3 aromatic rings. The number of nitrogens with zero attached hydrogens (tertiary/aromatic N) is 2. The normalized spacial score (nSPS) is 11.7. The molecule has 0 spiro atoms. The van der Waals surface area contributed by atoms with Gasteiger partial charge in [-0.1, -0.05) is 29.3 Å². The van der Waals surface area contributed by atoms with Crippen LogP contribution in [0.2, 0.25) is 10.0 Å². The first kappa shape index (κ1) is 25.6. The minimum absolute atomic E-state index is 0.00892. The van der Waals surface area contributed by atoms with Gasteiger partial charge in [-0.3, -0.25) is 9.52 Å². The molecule has 3 rings (SSSR count). The van der Waals surface area contributed by atoms with Crippen molar-refractivity contribution in [1.29, 1.82) is 0 Å². The number of hydrogen-bond acceptors (Lipinski definition) is 5. The SMILES string of the molecule is COc1cccc(N(C)C(=O)c2ncc(Cl)cc2NS(=O)(=O)c2ccc(Cl)c(C(F)(F)F)c2)c1. The molecular formula is C21H16Cl2F3N3O4S. The van der Waals surface area contributed by atoms with Crippen LogP contribution in [0, 0.1) is 0 Å². The molecule has 13 heteroatoms. The number of pyridine rings is 1. The first-order chi connectivity index (χ1) is 15.8. The average molecular weight is 534 g/mol. The van der Waals surface area contributed by atoms with Gasteiger partial charge in [0.2, 0.25) is 0 Å². The summed E-state index contributed by atoms with van der Waals surface area (Å²) in [4.78, 5) is 17.5. The van der Waals surface area contributed by atoms with Crippen molar-refractivity contribution in [2.75, 3.05) is 23.8 Å². The zero-order chi connectivity index (χ0) is 25.3. The van der Waals surface area contributed by atoms with Gasteiger partial charge in [-0.2, -0.15) is 13.2 Å². The lowest BCUT2D eigenvalue weighted by Crippen LogP contribution is -2.28. The number of sulfonamides is 1. The predicted octanol–water partition coefficient (Wildman–Crippen LogP) is 5.49. The average Bonchev–Trinajstić information content (AvgIpc) is 2.77. The smallest absolute Gasteiger partial charge is 0.417 e. The van der Waals surface area contributed by atoms with Crippen molar-refractivity contribution in [3.8, 4) is 5.75 Å². The summed E-state index contributed by atoms with van der Waals surface area (Å²) in [5.41, 5.74) is -1.56. The number of methoxy groups -OCH3 is 1. The van der Waals surface area contributed by atoms with Crippen molar-refractivity contribution < 1.29 is 31.1 Å². The van der Waals surface area contributed by atoms with Crippen molar-refractivity contribution >= 4 is 50.5 Å². The van der Waals surface area contributed by atoms with Crippen LogP contribution >= 0.6 is 23.2 Å². The molecule has 2 aromatic carbocycles. The van der Waals surface area contributed by atoms with Crippen LogP contribution < -0.4 is 14.4 Å². The van der Waals surface area contributed by atoms with Gasteiger partial charge in [0.15, 0.2) is 5.69 Å². The Bertz CT molecular complexity index is 1350. The summed E-state index contributed by atoms with van der Waals surface area (Å²) < 4.78 is 72.5. The molecule has 34 heavy (non-hydrogen) atoms. The van der Waals surface area contributed by atoms with Gasteiger partial charge >= 0.3 is 6.18 Å². The molecule has 0 saturated carbocycles. The highest BCUT2D eigenvalue weighted by molar-refractivity contribution is 7.92. The van der Waals surface area contributed by atoms with Gasteiger partial charge in [-0.15, -0.1) is 0 Å². The Balaban J connectivity index is 2.00. The molecule has 1 amide bonds. The molecule has 1 heterocycles. The fourth-order valence-electron chi connectivity index (χ4n) is 2.88. The number of benzene rings is 2. The second-order valence-electron chi connectivity index (χ2n) is 6.86. The molecule has 7 nitrogen and oxygen atoms in total. The van der Waals surface area contributed by atoms with Crippen LogP contribution in [0.1, 0.15) is 16.1 Å². The van der Waals surface area contributed by atoms with Crippen LogP contribution in [0.4, 0.5) is 24.5 Å². The highest BCUT2D eigenvalue weighted by Gasteiger charge is 2.35. The lowest BCUT2D eigenvalue weighted by molar-refractivity contribution is -0.137. The Hall–Kier alpha value is -3.02. The molecule has 0 atom stereocenters. The summed E-state index contributed by atoms with van der Waals surface area (Å²) in [6.07, 6.45) is -3.74. The molecular weight excluding hydrogens is 518 g/mol. The number of halogens is 5. The predicted molar refractivity (Wildman–Crippen MR) is 122 cm³/mol. The highest BCUT2D eigenvalue weighted by atomic mass is 35.5. The van der Waals surface area contributed by atoms with Crippen LogP contribution in [0.3, 0.4) is 0 Å². The third-order valence-corrected chi connectivity index (χ3v) is 6.50. The Labute approximate surface area is 203 Å². The molecule has 0 aliphatic rings. The van der Waals surface area contributed by atoms with Crippen LogP contribution in [0.5, 0.6) is 5.75 Å². The van der Waals surface area contributed by atoms with Crippen molar-refractivity contribution in [1.82, 2.24) is 4.98 Å². The highest BCUT2D eigenvalue weighted by Crippen LogP contribution is 2.36. The van der Waals surface area contributed by atoms with E-state index in [4.69, 9.17) is 27.9 Å². The summed E-state index contributed by atoms with van der Waals surface area (Å²) >= 11 is 11.5. The van der Waals surface area contributed by atoms with Crippen molar-refractivity contribution in [3.05, 3.63) is 76.0 Å². The number of ether oxygens (including phenoxy) is 1. The third kappa shape index (κ3) is 5.54. The maximum atomic E-state index is 13.2. The molecule has 0 aliphatic carbocycles. The topological polar surface area (TPSA) is 88.6 Å². The zero-order valence-corrected chi connectivity index (χ0v) is 19.8. The Morgan fingerprint density at radius 2 is 1.82 bits per heavy atom. The van der Waals surface area contributed by atoms with Gasteiger partial charge in [-0.05, 0) is 36.4 Å². The van der Waals surface area contributed by atoms with E-state index < -0.39 is 37.6 Å². The Morgan fingerprint density at radius 3 is 2.47 bits per heavy atom. The van der Waals surface area contributed by atoms with E-state index in [2.05, 4.69) is 9.71 Å². The number of alkyl halides is 3. The Kier molecular flexibility index (Phi) is 7.29. The Morgan fingerprint density at radius 1 is 1.12 bits per heavy atom. The van der Waals surface area contributed by atoms with E-state index in [9.17, 15) is 26.4 Å². The molecule has 0 bridgehead atoms. The fraction of sp³-hybridized carbons (Fsp3) is 0.143. The van der Waals surface area contributed by atoms with Crippen molar-refractivity contribution in [2.24, 2.45) is 0 Å². The van der Waals surface area contributed by atoms with Gasteiger partial charge in [0.1, 0.15) is 5.75 Å². The summed E-state index contributed by atoms with van der Waals surface area (Å²) in [7, 11) is -1.70. The van der Waals surface area contributed by atoms with Crippen LogP contribution in [0.25, 0.3) is 0 Å². The van der Waals surface area contributed by atoms with Gasteiger partial charge < -0.3 is 9.64 Å². The lowest BCUT2D eigenvalue weighted by Gasteiger charge is -2.20. The van der Waals surface area contributed by atoms with Gasteiger partial charge in [0.05, 0.1) is 33.3 Å². The number of hydrogen-bond donors (Lipinski definition) is 1. The number of carbonyl (C=O) groups is 1. The van der Waals surface area contributed by atoms with E-state index in [1.165, 1.54) is 19.1 Å². The number of nitrogens with one attached hydrogen (secondary N) is 1. The van der Waals surface area contributed by atoms with Crippen LogP contribution in [-0.2, 0) is 16.2 Å². The first-order valence-corrected chi connectivity index (χ1v) is 11.5. The zero-order valence-electron chi connectivity index (χ0n) is 17.5. The molecule has 1 N–H and O–H groups in total. The standard InChI is InChI=1S/C21H16Cl2F3N3O4S/c1-29(13-4-3-5-14(9-13)33-2)20(30)19-18(8-12(22)11-27-19)28-34(31,32)15-6-7-17(23)16(10-15)21(24,25)26/h3-11,28H,1-2H3. The van der Waals surface area contributed by atoms with Gasteiger partial charge in [0, 0.05) is 25.0 Å². The molecule has 0 unspecified atom stereocenters. The van der Waals surface area contributed by atoms with E-state index in [0.29, 0.717) is 17.5 Å². The quantitative estimate of drug-likeness (QED) is 0.452. The first-order valence-electron chi connectivity index (χ1n) is 9.30. The number of amides is 1. The second kappa shape index (κ2) is 9.69. The van der Waals surface area contributed by atoms with E-state index in [1.807, 2.05) is 0 Å². The largest absolute Gasteiger partial charge is 0.497 e. The third-order valence-electron chi connectivity index (χ3n) is 4.60. The van der Waals surface area contributed by atoms with Crippen molar-refractivity contribution in [2.45, 2.75) is 11.1 Å². The number of carbonyl (C=O) groups excluding carboxylic acids is 1. The number of aromatic nitrogens is 1. The van der Waals surface area contributed by atoms with E-state index in [-0.39, 0.29) is 16.4 Å². The second-order valence-corrected chi connectivity index (χ2v) is 9.39. The fourth-order valence-corrected chi connectivity index (χ4v) is 4.34. The maximum absolute atomic E-state index is 13.2. The van der Waals surface area contributed by atoms with E-state index in [1.54, 1.807) is 24.3 Å². The van der Waals surface area contributed by atoms with E-state index >= 15 is 0 Å². The summed E-state index contributed by atoms with van der Waals surface area (Å²) in [5, 5.41) is -0.669. The van der Waals surface area contributed by atoms with Gasteiger partial charge in [0.25, 0.3) is 15.9 Å². The maximum Gasteiger partial charge on any atom is 0.417 e. The lowest BCUT2D eigenvalue weighted by atomic mass is 10.2. The molecule has 0 radical (unpaired) electrons. The summed E-state index contributed by atoms with van der Waals surface area (Å²) in [6, 6.07) is 9.75. The van der Waals surface area contributed by atoms with Crippen LogP contribution in [0.15, 0.2) is 59.6 Å². The summed E-state index contributed by atoms with van der Waals surface area (Å²) in [6.45, 7) is 0. The molecule has 0 aliphatic heterocycles. The van der Waals surface area contributed by atoms with E-state index in [0.717, 1.165) is 24.4 Å². The molecule has 1 aromatic heterocycles. The summed E-state index contributed by atoms with van der Waals surface area (Å²) in [5.74, 6) is -0.236. The molecule has 180 valence electrons. The monoisotopic (exact) mass is 533 g/mol. The minimum Gasteiger partial charge on any atom is -0.497 e. The number of rotatable bonds is 6. The number of anilines is 2. The van der Waals surface area contributed by atoms with Crippen LogP contribution in [-0.4, -0.2) is 33.5 Å².